The van der Waals surface area contributed by atoms with Crippen LogP contribution in [0.25, 0.3) is 0 Å². The minimum absolute atomic E-state index is 0.889. The van der Waals surface area contributed by atoms with E-state index in [0.717, 1.165) is 18.3 Å². The minimum atomic E-state index is 0.889. The van der Waals surface area contributed by atoms with Crippen molar-refractivity contribution in [3.63, 3.8) is 0 Å². The Morgan fingerprint density at radius 1 is 1.16 bits per heavy atom. The first kappa shape index (κ1) is 13.5. The lowest BCUT2D eigenvalue weighted by molar-refractivity contribution is 0.243. The lowest BCUT2D eigenvalue weighted by atomic mass is 10.00. The average molecular weight is 276 g/mol. The first-order valence-electron chi connectivity index (χ1n) is 7.59. The number of benzene rings is 1. The van der Waals surface area contributed by atoms with Crippen molar-refractivity contribution in [2.75, 3.05) is 32.7 Å². The molecule has 1 saturated heterocycles. The fraction of sp³-hybridized carbons (Fsp3) is 0.625. The third kappa shape index (κ3) is 3.74. The van der Waals surface area contributed by atoms with Crippen LogP contribution in [0.4, 0.5) is 0 Å². The van der Waals surface area contributed by atoms with Gasteiger partial charge in [-0.3, -0.25) is 0 Å². The van der Waals surface area contributed by atoms with E-state index in [4.69, 9.17) is 0 Å². The molecule has 0 aromatic heterocycles. The van der Waals surface area contributed by atoms with Gasteiger partial charge < -0.3 is 10.2 Å². The molecule has 0 amide bonds. The van der Waals surface area contributed by atoms with E-state index in [1.54, 1.807) is 5.56 Å². The quantitative estimate of drug-likeness (QED) is 0.890. The second-order valence-corrected chi connectivity index (χ2v) is 6.96. The van der Waals surface area contributed by atoms with Crippen molar-refractivity contribution >= 4 is 11.8 Å². The third-order valence-corrected chi connectivity index (χ3v) is 5.68. The van der Waals surface area contributed by atoms with Gasteiger partial charge in [-0.1, -0.05) is 24.6 Å². The van der Waals surface area contributed by atoms with Crippen molar-refractivity contribution in [3.05, 3.63) is 29.8 Å². The molecule has 1 aliphatic carbocycles. The highest BCUT2D eigenvalue weighted by Gasteiger charge is 2.19. The number of nitrogens with zero attached hydrogens (tertiary/aromatic N) is 1. The molecule has 2 nitrogen and oxygen atoms in total. The number of nitrogens with one attached hydrogen (secondary N) is 1. The van der Waals surface area contributed by atoms with Crippen molar-refractivity contribution in [3.8, 4) is 0 Å². The Morgan fingerprint density at radius 3 is 2.68 bits per heavy atom. The second kappa shape index (κ2) is 6.78. The summed E-state index contributed by atoms with van der Waals surface area (Å²) in [6, 6.07) is 9.02. The van der Waals surface area contributed by atoms with E-state index >= 15 is 0 Å². The van der Waals surface area contributed by atoms with Crippen LogP contribution in [0.1, 0.15) is 24.8 Å². The molecular weight excluding hydrogens is 252 g/mol. The fourth-order valence-corrected chi connectivity index (χ4v) is 4.11. The predicted octanol–water partition coefficient (Wildman–Crippen LogP) is 2.78. The van der Waals surface area contributed by atoms with Crippen LogP contribution < -0.4 is 5.32 Å². The van der Waals surface area contributed by atoms with Crippen LogP contribution in [0.5, 0.6) is 0 Å². The van der Waals surface area contributed by atoms with Gasteiger partial charge in [0.25, 0.3) is 0 Å². The Bertz CT molecular complexity index is 397. The molecule has 2 aliphatic rings. The summed E-state index contributed by atoms with van der Waals surface area (Å²) < 4.78 is 0. The summed E-state index contributed by atoms with van der Waals surface area (Å²) in [6.07, 6.45) is 5.46. The molecule has 0 bridgehead atoms. The molecule has 1 N–H and O–H groups in total. The summed E-state index contributed by atoms with van der Waals surface area (Å²) in [7, 11) is 0. The van der Waals surface area contributed by atoms with Gasteiger partial charge in [0.15, 0.2) is 0 Å². The molecule has 2 fully saturated rings. The molecule has 104 valence electrons. The molecule has 1 aromatic carbocycles. The predicted molar refractivity (Wildman–Crippen MR) is 83.0 cm³/mol. The maximum absolute atomic E-state index is 3.42. The Balaban J connectivity index is 1.56. The van der Waals surface area contributed by atoms with Crippen LogP contribution in [-0.2, 0) is 6.42 Å². The summed E-state index contributed by atoms with van der Waals surface area (Å²) in [4.78, 5) is 4.11. The molecule has 0 radical (unpaired) electrons. The smallest absolute Gasteiger partial charge is 0.0108 e. The summed E-state index contributed by atoms with van der Waals surface area (Å²) >= 11 is 2.11. The molecular formula is C16H24N2S. The maximum Gasteiger partial charge on any atom is 0.0108 e. The van der Waals surface area contributed by atoms with Gasteiger partial charge in [0.2, 0.25) is 0 Å². The Morgan fingerprint density at radius 2 is 1.95 bits per heavy atom. The second-order valence-electron chi connectivity index (χ2n) is 5.62. The van der Waals surface area contributed by atoms with E-state index in [0.29, 0.717) is 0 Å². The van der Waals surface area contributed by atoms with Gasteiger partial charge in [0, 0.05) is 42.9 Å². The highest BCUT2D eigenvalue weighted by Crippen LogP contribution is 2.37. The summed E-state index contributed by atoms with van der Waals surface area (Å²) in [5.41, 5.74) is 1.55. The van der Waals surface area contributed by atoms with E-state index in [2.05, 4.69) is 46.2 Å². The molecule has 3 rings (SSSR count). The van der Waals surface area contributed by atoms with Crippen LogP contribution in [0, 0.1) is 0 Å². The average Bonchev–Trinajstić information content (AvgIpc) is 2.43. The lowest BCUT2D eigenvalue weighted by Gasteiger charge is -2.28. The zero-order chi connectivity index (χ0) is 12.9. The molecule has 0 atom stereocenters. The van der Waals surface area contributed by atoms with Crippen LogP contribution in [0.3, 0.4) is 0 Å². The third-order valence-electron chi connectivity index (χ3n) is 4.23. The number of hydrogen-bond acceptors (Lipinski definition) is 3. The van der Waals surface area contributed by atoms with Crippen molar-refractivity contribution in [1.29, 1.82) is 0 Å². The van der Waals surface area contributed by atoms with Gasteiger partial charge in [-0.25, -0.2) is 0 Å². The SMILES string of the molecule is c1ccc(SC2CCC2)c(CCN2CCNCC2)c1. The fourth-order valence-electron chi connectivity index (χ4n) is 2.71. The maximum atomic E-state index is 3.42. The summed E-state index contributed by atoms with van der Waals surface area (Å²) in [5.74, 6) is 0. The largest absolute Gasteiger partial charge is 0.314 e. The highest BCUT2D eigenvalue weighted by atomic mass is 32.2. The van der Waals surface area contributed by atoms with Gasteiger partial charge in [0.1, 0.15) is 0 Å². The molecule has 19 heavy (non-hydrogen) atoms. The van der Waals surface area contributed by atoms with Crippen LogP contribution in [-0.4, -0.2) is 42.9 Å². The van der Waals surface area contributed by atoms with Crippen LogP contribution >= 0.6 is 11.8 Å². The monoisotopic (exact) mass is 276 g/mol. The Kier molecular flexibility index (Phi) is 4.81. The molecule has 1 aliphatic heterocycles. The standard InChI is InChI=1S/C16H24N2S/c1-2-7-16(19-15-5-3-6-15)14(4-1)8-11-18-12-9-17-10-13-18/h1-2,4,7,15,17H,3,5-6,8-13H2. The summed E-state index contributed by atoms with van der Waals surface area (Å²) in [5, 5.41) is 4.31. The van der Waals surface area contributed by atoms with Gasteiger partial charge in [-0.05, 0) is 30.9 Å². The molecule has 0 unspecified atom stereocenters. The number of rotatable bonds is 5. The van der Waals surface area contributed by atoms with Crippen molar-refractivity contribution in [1.82, 2.24) is 10.2 Å². The molecule has 3 heteroatoms. The van der Waals surface area contributed by atoms with Crippen molar-refractivity contribution < 1.29 is 0 Å². The van der Waals surface area contributed by atoms with Crippen molar-refractivity contribution in [2.45, 2.75) is 35.8 Å². The van der Waals surface area contributed by atoms with E-state index < -0.39 is 0 Å². The van der Waals surface area contributed by atoms with E-state index in [9.17, 15) is 0 Å². The van der Waals surface area contributed by atoms with Gasteiger partial charge in [-0.15, -0.1) is 11.8 Å². The topological polar surface area (TPSA) is 15.3 Å². The molecule has 1 heterocycles. The Hall–Kier alpha value is -0.510. The minimum Gasteiger partial charge on any atom is -0.314 e. The molecule has 1 aromatic rings. The number of hydrogen-bond donors (Lipinski definition) is 1. The molecule has 0 spiro atoms. The van der Waals surface area contributed by atoms with Gasteiger partial charge in [-0.2, -0.15) is 0 Å². The van der Waals surface area contributed by atoms with Crippen molar-refractivity contribution in [2.24, 2.45) is 0 Å². The number of piperazine rings is 1. The van der Waals surface area contributed by atoms with Crippen LogP contribution in [0.2, 0.25) is 0 Å². The summed E-state index contributed by atoms with van der Waals surface area (Å²) in [6.45, 7) is 5.93. The Labute approximate surface area is 121 Å². The molecule has 1 saturated carbocycles. The van der Waals surface area contributed by atoms with Gasteiger partial charge in [0.05, 0.1) is 0 Å². The zero-order valence-corrected chi connectivity index (χ0v) is 12.4. The highest BCUT2D eigenvalue weighted by molar-refractivity contribution is 8.00. The van der Waals surface area contributed by atoms with E-state index in [1.807, 2.05) is 0 Å². The van der Waals surface area contributed by atoms with Gasteiger partial charge >= 0.3 is 0 Å². The first-order chi connectivity index (χ1) is 9.42. The zero-order valence-electron chi connectivity index (χ0n) is 11.6. The van der Waals surface area contributed by atoms with E-state index in [-0.39, 0.29) is 0 Å². The van der Waals surface area contributed by atoms with E-state index in [1.165, 1.54) is 50.2 Å². The lowest BCUT2D eigenvalue weighted by Crippen LogP contribution is -2.44. The first-order valence-corrected chi connectivity index (χ1v) is 8.47. The normalized spacial score (nSPS) is 21.3. The number of thioether (sulfide) groups is 1. The van der Waals surface area contributed by atoms with Crippen LogP contribution in [0.15, 0.2) is 29.2 Å².